The van der Waals surface area contributed by atoms with Crippen LogP contribution in [0.25, 0.3) is 0 Å². The summed E-state index contributed by atoms with van der Waals surface area (Å²) in [6.45, 7) is 13.4. The minimum absolute atomic E-state index is 0. The Morgan fingerprint density at radius 1 is 0.737 bits per heavy atom. The van der Waals surface area contributed by atoms with Crippen LogP contribution in [-0.4, -0.2) is 0 Å². The second-order valence-electron chi connectivity index (χ2n) is 4.82. The molecule has 1 unspecified atom stereocenters. The Morgan fingerprint density at radius 3 is 1.63 bits per heavy atom. The van der Waals surface area contributed by atoms with Gasteiger partial charge in [0.2, 0.25) is 0 Å². The topological polar surface area (TPSA) is 0 Å². The summed E-state index contributed by atoms with van der Waals surface area (Å²) in [5.74, 6) is 0.554. The normalized spacial score (nSPS) is 15.1. The largest absolute Gasteiger partial charge is 4.00 e. The van der Waals surface area contributed by atoms with E-state index in [-0.39, 0.29) is 44.0 Å². The summed E-state index contributed by atoms with van der Waals surface area (Å²) in [7, 11) is 0. The van der Waals surface area contributed by atoms with E-state index >= 15 is 0 Å². The van der Waals surface area contributed by atoms with E-state index in [1.165, 1.54) is 39.0 Å². The van der Waals surface area contributed by atoms with Crippen LogP contribution < -0.4 is 0 Å². The van der Waals surface area contributed by atoms with Gasteiger partial charge in [0.05, 0.1) is 0 Å². The average Bonchev–Trinajstić information content (AvgIpc) is 2.50. The molecule has 1 aliphatic rings. The minimum Gasteiger partial charge on any atom is -0.358 e. The number of fused-ring (bicyclic) bond motifs is 1. The molecule has 1 aromatic rings. The van der Waals surface area contributed by atoms with Crippen LogP contribution in [0, 0.1) is 56.1 Å². The maximum Gasteiger partial charge on any atom is 4.00 e. The molecular formula is C18H28Ti. The summed E-state index contributed by atoms with van der Waals surface area (Å²) in [6.07, 6.45) is 3.54. The molecule has 0 N–H and O–H groups in total. The standard InChI is InChI=1S/C15H19.3CH3.Ti/c1-8-7-14-12(5)10(3)11(4)13(6)15(14)9(8)2;;;;/h9H,1-6H3;3*1H3;/q4*-1;+4. The first-order valence-electron chi connectivity index (χ1n) is 5.65. The van der Waals surface area contributed by atoms with Gasteiger partial charge in [-0.3, -0.25) is 0 Å². The fourth-order valence-electron chi connectivity index (χ4n) is 2.57. The Balaban J connectivity index is -0.000000640. The zero-order valence-electron chi connectivity index (χ0n) is 14.1. The van der Waals surface area contributed by atoms with Crippen LogP contribution in [0.5, 0.6) is 0 Å². The molecule has 0 saturated heterocycles. The number of hydrogen-bond donors (Lipinski definition) is 0. The van der Waals surface area contributed by atoms with E-state index in [2.05, 4.69) is 47.6 Å². The van der Waals surface area contributed by atoms with Crippen molar-refractivity contribution in [2.75, 3.05) is 0 Å². The molecule has 0 heterocycles. The Bertz CT molecular complexity index is 467. The van der Waals surface area contributed by atoms with E-state index < -0.39 is 0 Å². The van der Waals surface area contributed by atoms with E-state index in [4.69, 9.17) is 0 Å². The smallest absolute Gasteiger partial charge is 0.358 e. The molecule has 0 saturated carbocycles. The SMILES string of the molecule is CC1=[C-]c2c(C)c(C)c(C)c(C)c2C1C.[CH3-].[CH3-].[CH3-].[Ti+4]. The van der Waals surface area contributed by atoms with Gasteiger partial charge in [-0.1, -0.05) is 46.1 Å². The zero-order valence-corrected chi connectivity index (χ0v) is 15.6. The number of hydrogen-bond acceptors (Lipinski definition) is 0. The van der Waals surface area contributed by atoms with Crippen LogP contribution in [0.1, 0.15) is 53.1 Å². The fraction of sp³-hybridized carbons (Fsp3) is 0.389. The average molecular weight is 292 g/mol. The minimum atomic E-state index is 0. The predicted molar refractivity (Wildman–Crippen MR) is 84.6 cm³/mol. The van der Waals surface area contributed by atoms with Crippen molar-refractivity contribution in [2.45, 2.75) is 47.5 Å². The Hall–Kier alpha value is -0.326. The van der Waals surface area contributed by atoms with Gasteiger partial charge in [0.15, 0.2) is 0 Å². The molecule has 19 heavy (non-hydrogen) atoms. The third kappa shape index (κ3) is 3.41. The van der Waals surface area contributed by atoms with Crippen LogP contribution in [0.3, 0.4) is 0 Å². The van der Waals surface area contributed by atoms with E-state index in [0.29, 0.717) is 5.92 Å². The summed E-state index contributed by atoms with van der Waals surface area (Å²) < 4.78 is 0. The van der Waals surface area contributed by atoms with Crippen LogP contribution >= 0.6 is 0 Å². The Kier molecular flexibility index (Phi) is 10.1. The molecule has 2 rings (SSSR count). The molecule has 1 aliphatic carbocycles. The molecule has 0 aromatic heterocycles. The maximum atomic E-state index is 3.54. The van der Waals surface area contributed by atoms with Crippen molar-refractivity contribution in [2.24, 2.45) is 0 Å². The Labute approximate surface area is 136 Å². The molecule has 0 bridgehead atoms. The maximum absolute atomic E-state index is 3.54. The quantitative estimate of drug-likeness (QED) is 0.438. The van der Waals surface area contributed by atoms with Crippen molar-refractivity contribution >= 4 is 0 Å². The zero-order chi connectivity index (χ0) is 11.3. The van der Waals surface area contributed by atoms with Crippen molar-refractivity contribution in [3.8, 4) is 0 Å². The van der Waals surface area contributed by atoms with Gasteiger partial charge in [0, 0.05) is 0 Å². The van der Waals surface area contributed by atoms with E-state index in [1.807, 2.05) is 0 Å². The Morgan fingerprint density at radius 2 is 1.16 bits per heavy atom. The molecule has 0 fully saturated rings. The van der Waals surface area contributed by atoms with Crippen molar-refractivity contribution < 1.29 is 21.7 Å². The van der Waals surface area contributed by atoms with Gasteiger partial charge in [-0.05, 0) is 6.92 Å². The molecule has 0 nitrogen and oxygen atoms in total. The molecule has 1 aromatic carbocycles. The molecule has 0 aliphatic heterocycles. The molecule has 1 heteroatoms. The molecule has 0 amide bonds. The molecule has 104 valence electrons. The number of benzene rings is 1. The first-order valence-corrected chi connectivity index (χ1v) is 5.65. The van der Waals surface area contributed by atoms with E-state index in [9.17, 15) is 0 Å². The van der Waals surface area contributed by atoms with Crippen molar-refractivity contribution in [1.82, 2.24) is 0 Å². The van der Waals surface area contributed by atoms with Gasteiger partial charge in [0.25, 0.3) is 0 Å². The van der Waals surface area contributed by atoms with Gasteiger partial charge in [-0.25, -0.2) is 0 Å². The van der Waals surface area contributed by atoms with Crippen molar-refractivity contribution in [3.05, 3.63) is 67.3 Å². The van der Waals surface area contributed by atoms with Crippen molar-refractivity contribution in [3.63, 3.8) is 0 Å². The molecule has 0 radical (unpaired) electrons. The number of rotatable bonds is 0. The summed E-state index contributed by atoms with van der Waals surface area (Å²) in [4.78, 5) is 0. The fourth-order valence-corrected chi connectivity index (χ4v) is 2.57. The first-order chi connectivity index (χ1) is 6.95. The summed E-state index contributed by atoms with van der Waals surface area (Å²) >= 11 is 0. The second kappa shape index (κ2) is 8.07. The van der Waals surface area contributed by atoms with E-state index in [0.717, 1.165) is 0 Å². The third-order valence-electron chi connectivity index (χ3n) is 4.14. The predicted octanol–water partition coefficient (Wildman–Crippen LogP) is 5.48. The van der Waals surface area contributed by atoms with Crippen LogP contribution in [0.4, 0.5) is 0 Å². The third-order valence-corrected chi connectivity index (χ3v) is 4.14. The monoisotopic (exact) mass is 292 g/mol. The summed E-state index contributed by atoms with van der Waals surface area (Å²) in [6, 6.07) is 0. The van der Waals surface area contributed by atoms with Gasteiger partial charge in [-0.2, -0.15) is 11.6 Å². The molecular weight excluding hydrogens is 264 g/mol. The van der Waals surface area contributed by atoms with Gasteiger partial charge in [0.1, 0.15) is 0 Å². The first kappa shape index (κ1) is 23.7. The van der Waals surface area contributed by atoms with Crippen LogP contribution in [-0.2, 0) is 21.7 Å². The van der Waals surface area contributed by atoms with E-state index in [1.54, 1.807) is 0 Å². The summed E-state index contributed by atoms with van der Waals surface area (Å²) in [5, 5.41) is 0. The van der Waals surface area contributed by atoms with Crippen LogP contribution in [0.2, 0.25) is 0 Å². The van der Waals surface area contributed by atoms with Gasteiger partial charge in [-0.15, -0.1) is 27.8 Å². The molecule has 0 spiro atoms. The number of allylic oxidation sites excluding steroid dienone is 1. The second-order valence-corrected chi connectivity index (χ2v) is 4.82. The van der Waals surface area contributed by atoms with Gasteiger partial charge >= 0.3 is 21.7 Å². The van der Waals surface area contributed by atoms with Crippen LogP contribution in [0.15, 0.2) is 5.57 Å². The van der Waals surface area contributed by atoms with Crippen molar-refractivity contribution in [1.29, 1.82) is 0 Å². The summed E-state index contributed by atoms with van der Waals surface area (Å²) in [5.41, 5.74) is 10.0. The molecule has 1 atom stereocenters. The van der Waals surface area contributed by atoms with Gasteiger partial charge < -0.3 is 22.3 Å².